The molecule has 0 fully saturated rings. The van der Waals surface area contributed by atoms with E-state index in [2.05, 4.69) is 10.6 Å². The van der Waals surface area contributed by atoms with E-state index in [-0.39, 0.29) is 24.5 Å². The number of ether oxygens (including phenoxy) is 2. The largest absolute Gasteiger partial charge is 0.493 e. The molecule has 2 heterocycles. The third kappa shape index (κ3) is 4.85. The zero-order chi connectivity index (χ0) is 24.1. The highest BCUT2D eigenvalue weighted by atomic mass is 16.5. The van der Waals surface area contributed by atoms with Crippen LogP contribution in [-0.2, 0) is 17.8 Å². The van der Waals surface area contributed by atoms with Gasteiger partial charge in [0.25, 0.3) is 0 Å². The van der Waals surface area contributed by atoms with Crippen molar-refractivity contribution in [2.24, 2.45) is 0 Å². The van der Waals surface area contributed by atoms with Gasteiger partial charge in [0.2, 0.25) is 5.91 Å². The molecule has 1 aliphatic heterocycles. The minimum absolute atomic E-state index is 0.261. The molecule has 34 heavy (non-hydrogen) atoms. The summed E-state index contributed by atoms with van der Waals surface area (Å²) < 4.78 is 16.3. The fourth-order valence-corrected chi connectivity index (χ4v) is 4.23. The van der Waals surface area contributed by atoms with Gasteiger partial charge in [0.15, 0.2) is 11.5 Å². The molecule has 1 aliphatic rings. The molecule has 0 saturated carbocycles. The Kier molecular flexibility index (Phi) is 7.06. The zero-order valence-corrected chi connectivity index (χ0v) is 19.5. The lowest BCUT2D eigenvalue weighted by molar-refractivity contribution is -0.122. The molecule has 2 aromatic carbocycles. The lowest BCUT2D eigenvalue weighted by Gasteiger charge is -2.38. The highest BCUT2D eigenvalue weighted by Gasteiger charge is 2.34. The number of hydrogen-bond acceptors (Lipinski definition) is 5. The van der Waals surface area contributed by atoms with Gasteiger partial charge in [0.1, 0.15) is 11.8 Å². The quantitative estimate of drug-likeness (QED) is 0.558. The smallest absolute Gasteiger partial charge is 0.318 e. The van der Waals surface area contributed by atoms with Crippen LogP contribution in [0.3, 0.4) is 0 Å². The number of hydrogen-bond donors (Lipinski definition) is 2. The van der Waals surface area contributed by atoms with Crippen molar-refractivity contribution in [3.8, 4) is 11.5 Å². The molecule has 8 nitrogen and oxygen atoms in total. The molecule has 4 rings (SSSR count). The Morgan fingerprint density at radius 3 is 2.50 bits per heavy atom. The number of amides is 3. The van der Waals surface area contributed by atoms with Crippen LogP contribution in [-0.4, -0.2) is 43.6 Å². The second-order valence-electron chi connectivity index (χ2n) is 8.13. The number of urea groups is 1. The van der Waals surface area contributed by atoms with Crippen molar-refractivity contribution in [3.63, 3.8) is 0 Å². The number of carbonyl (C=O) groups excluding carboxylic acids is 2. The molecule has 3 amide bonds. The minimum atomic E-state index is -0.717. The van der Waals surface area contributed by atoms with Gasteiger partial charge < -0.3 is 29.4 Å². The van der Waals surface area contributed by atoms with Crippen LogP contribution in [0.15, 0.2) is 65.3 Å². The van der Waals surface area contributed by atoms with E-state index in [4.69, 9.17) is 13.9 Å². The Balaban J connectivity index is 1.56. The van der Waals surface area contributed by atoms with Crippen molar-refractivity contribution in [1.29, 1.82) is 0 Å². The summed E-state index contributed by atoms with van der Waals surface area (Å²) in [4.78, 5) is 27.7. The molecule has 1 aromatic heterocycles. The van der Waals surface area contributed by atoms with Crippen LogP contribution in [0.2, 0.25) is 0 Å². The summed E-state index contributed by atoms with van der Waals surface area (Å²) in [6, 6.07) is 15.9. The number of carbonyl (C=O) groups is 2. The SMILES string of the molecule is COc1cc2c(cc1OC)[C@H](c1ccccc1)N(C(=O)N[C@H](C)C(=O)NCc1ccco1)CC2. The molecule has 0 aliphatic carbocycles. The van der Waals surface area contributed by atoms with Crippen molar-refractivity contribution in [3.05, 3.63) is 83.3 Å². The van der Waals surface area contributed by atoms with E-state index in [1.54, 1.807) is 44.4 Å². The van der Waals surface area contributed by atoms with Crippen LogP contribution in [0, 0.1) is 0 Å². The van der Waals surface area contributed by atoms with Crippen LogP contribution in [0.5, 0.6) is 11.5 Å². The van der Waals surface area contributed by atoms with E-state index in [0.29, 0.717) is 30.2 Å². The van der Waals surface area contributed by atoms with Crippen LogP contribution in [0.1, 0.15) is 35.4 Å². The van der Waals surface area contributed by atoms with Crippen LogP contribution in [0.4, 0.5) is 4.79 Å². The maximum absolute atomic E-state index is 13.4. The Morgan fingerprint density at radius 2 is 1.82 bits per heavy atom. The van der Waals surface area contributed by atoms with E-state index in [1.807, 2.05) is 42.5 Å². The summed E-state index contributed by atoms with van der Waals surface area (Å²) in [5.41, 5.74) is 3.04. The number of furan rings is 1. The molecule has 0 saturated heterocycles. The number of nitrogens with zero attached hydrogens (tertiary/aromatic N) is 1. The number of fused-ring (bicyclic) bond motifs is 1. The molecule has 8 heteroatoms. The van der Waals surface area contributed by atoms with Crippen molar-refractivity contribution in [2.45, 2.75) is 32.0 Å². The average molecular weight is 464 g/mol. The third-order valence-corrected chi connectivity index (χ3v) is 6.00. The van der Waals surface area contributed by atoms with Crippen molar-refractivity contribution >= 4 is 11.9 Å². The minimum Gasteiger partial charge on any atom is -0.493 e. The monoisotopic (exact) mass is 463 g/mol. The number of methoxy groups -OCH3 is 2. The van der Waals surface area contributed by atoms with Gasteiger partial charge in [-0.1, -0.05) is 30.3 Å². The summed E-state index contributed by atoms with van der Waals surface area (Å²) in [5.74, 6) is 1.63. The number of rotatable bonds is 7. The Bertz CT molecular complexity index is 1130. The molecule has 2 atom stereocenters. The molecule has 0 unspecified atom stereocenters. The van der Waals surface area contributed by atoms with E-state index in [0.717, 1.165) is 16.7 Å². The standard InChI is InChI=1S/C26H29N3O5/c1-17(25(30)27-16-20-10-7-13-34-20)28-26(31)29-12-11-19-14-22(32-2)23(33-3)15-21(19)24(29)18-8-5-4-6-9-18/h4-10,13-15,17,24H,11-12,16H2,1-3H3,(H,27,30)(H,28,31)/t17-,24+/m1/s1. The van der Waals surface area contributed by atoms with E-state index in [1.165, 1.54) is 0 Å². The first-order chi connectivity index (χ1) is 16.5. The van der Waals surface area contributed by atoms with Gasteiger partial charge in [0, 0.05) is 6.54 Å². The Morgan fingerprint density at radius 1 is 1.09 bits per heavy atom. The van der Waals surface area contributed by atoms with Crippen molar-refractivity contribution in [2.75, 3.05) is 20.8 Å². The Hall–Kier alpha value is -3.94. The fraction of sp³-hybridized carbons (Fsp3) is 0.308. The molecule has 178 valence electrons. The van der Waals surface area contributed by atoms with Gasteiger partial charge in [-0.2, -0.15) is 0 Å². The third-order valence-electron chi connectivity index (χ3n) is 6.00. The number of benzene rings is 2. The summed E-state index contributed by atoms with van der Waals surface area (Å²) in [6.45, 7) is 2.42. The van der Waals surface area contributed by atoms with Crippen LogP contribution in [0.25, 0.3) is 0 Å². The normalized spacial score (nSPS) is 15.7. The Labute approximate surface area is 198 Å². The molecule has 2 N–H and O–H groups in total. The lowest BCUT2D eigenvalue weighted by atomic mass is 9.88. The summed E-state index contributed by atoms with van der Waals surface area (Å²) in [7, 11) is 3.21. The lowest BCUT2D eigenvalue weighted by Crippen LogP contribution is -2.52. The van der Waals surface area contributed by atoms with Gasteiger partial charge in [-0.15, -0.1) is 0 Å². The predicted molar refractivity (Wildman–Crippen MR) is 127 cm³/mol. The first-order valence-electron chi connectivity index (χ1n) is 11.2. The zero-order valence-electron chi connectivity index (χ0n) is 19.5. The van der Waals surface area contributed by atoms with Crippen LogP contribution < -0.4 is 20.1 Å². The fourth-order valence-electron chi connectivity index (χ4n) is 4.23. The highest BCUT2D eigenvalue weighted by Crippen LogP contribution is 2.41. The van der Waals surface area contributed by atoms with Crippen molar-refractivity contribution in [1.82, 2.24) is 15.5 Å². The van der Waals surface area contributed by atoms with Crippen LogP contribution >= 0.6 is 0 Å². The molecular weight excluding hydrogens is 434 g/mol. The average Bonchev–Trinajstić information content (AvgIpc) is 3.39. The van der Waals surface area contributed by atoms with Gasteiger partial charge in [-0.05, 0) is 54.3 Å². The predicted octanol–water partition coefficient (Wildman–Crippen LogP) is 3.66. The van der Waals surface area contributed by atoms with Gasteiger partial charge >= 0.3 is 6.03 Å². The first-order valence-corrected chi connectivity index (χ1v) is 11.2. The van der Waals surface area contributed by atoms with E-state index < -0.39 is 6.04 Å². The molecule has 0 radical (unpaired) electrons. The first kappa shape index (κ1) is 23.2. The topological polar surface area (TPSA) is 93.0 Å². The van der Waals surface area contributed by atoms with Crippen molar-refractivity contribution < 1.29 is 23.5 Å². The molecule has 0 bridgehead atoms. The maximum Gasteiger partial charge on any atom is 0.318 e. The molecule has 0 spiro atoms. The van der Waals surface area contributed by atoms with E-state index >= 15 is 0 Å². The summed E-state index contributed by atoms with van der Waals surface area (Å²) >= 11 is 0. The molecular formula is C26H29N3O5. The highest BCUT2D eigenvalue weighted by molar-refractivity contribution is 5.87. The van der Waals surface area contributed by atoms with E-state index in [9.17, 15) is 9.59 Å². The molecule has 3 aromatic rings. The second-order valence-corrected chi connectivity index (χ2v) is 8.13. The summed E-state index contributed by atoms with van der Waals surface area (Å²) in [6.07, 6.45) is 2.21. The number of nitrogens with one attached hydrogen (secondary N) is 2. The van der Waals surface area contributed by atoms with Gasteiger partial charge in [-0.25, -0.2) is 4.79 Å². The van der Waals surface area contributed by atoms with Gasteiger partial charge in [0.05, 0.1) is 33.1 Å². The second kappa shape index (κ2) is 10.3. The van der Waals surface area contributed by atoms with Gasteiger partial charge in [-0.3, -0.25) is 4.79 Å². The summed E-state index contributed by atoms with van der Waals surface area (Å²) in [5, 5.41) is 5.63. The maximum atomic E-state index is 13.4.